The van der Waals surface area contributed by atoms with Gasteiger partial charge >= 0.3 is 0 Å². The van der Waals surface area contributed by atoms with E-state index in [2.05, 4.69) is 37.9 Å². The van der Waals surface area contributed by atoms with Crippen molar-refractivity contribution in [1.29, 1.82) is 0 Å². The van der Waals surface area contributed by atoms with Crippen LogP contribution in [0.15, 0.2) is 47.1 Å². The first-order chi connectivity index (χ1) is 14.5. The number of aryl methyl sites for hydroxylation is 1. The molecule has 2 aliphatic heterocycles. The van der Waals surface area contributed by atoms with Crippen molar-refractivity contribution in [2.45, 2.75) is 65.1 Å². The van der Waals surface area contributed by atoms with Crippen molar-refractivity contribution in [2.75, 3.05) is 6.61 Å². The summed E-state index contributed by atoms with van der Waals surface area (Å²) < 4.78 is 10.5. The van der Waals surface area contributed by atoms with Gasteiger partial charge in [0.1, 0.15) is 30.9 Å². The minimum absolute atomic E-state index is 0.0418. The summed E-state index contributed by atoms with van der Waals surface area (Å²) in [5.41, 5.74) is 1.66. The molecule has 5 nitrogen and oxygen atoms in total. The van der Waals surface area contributed by atoms with Crippen LogP contribution in [-0.4, -0.2) is 40.0 Å². The minimum Gasteiger partial charge on any atom is -0.504 e. The summed E-state index contributed by atoms with van der Waals surface area (Å²) in [5.74, 6) is 1.91. The minimum atomic E-state index is -0.835. The number of aliphatic imine (C=N–C) groups is 1. The summed E-state index contributed by atoms with van der Waals surface area (Å²) >= 11 is 0. The Morgan fingerprint density at radius 3 is 2.90 bits per heavy atom. The molecule has 0 saturated heterocycles. The lowest BCUT2D eigenvalue weighted by Crippen LogP contribution is -2.19. The van der Waals surface area contributed by atoms with E-state index in [1.807, 2.05) is 18.2 Å². The fourth-order valence-corrected chi connectivity index (χ4v) is 3.49. The van der Waals surface area contributed by atoms with Crippen molar-refractivity contribution in [3.05, 3.63) is 59.7 Å². The van der Waals surface area contributed by atoms with Crippen LogP contribution in [0.5, 0.6) is 11.5 Å². The lowest BCUT2D eigenvalue weighted by molar-refractivity contribution is -0.0480. The molecule has 0 aliphatic carbocycles. The number of allylic oxidation sites excluding steroid dienone is 1. The zero-order chi connectivity index (χ0) is 21.5. The van der Waals surface area contributed by atoms with Crippen molar-refractivity contribution in [3.8, 4) is 11.5 Å². The van der Waals surface area contributed by atoms with Crippen LogP contribution >= 0.6 is 0 Å². The zero-order valence-corrected chi connectivity index (χ0v) is 18.2. The Kier molecular flexibility index (Phi) is 7.88. The third-order valence-corrected chi connectivity index (χ3v) is 5.47. The molecular formula is C25H34NO4+. The van der Waals surface area contributed by atoms with Gasteiger partial charge in [0.15, 0.2) is 17.6 Å². The molecule has 1 unspecified atom stereocenters. The normalized spacial score (nSPS) is 19.1. The maximum atomic E-state index is 10.4. The highest BCUT2D eigenvalue weighted by Gasteiger charge is 2.30. The Balaban J connectivity index is 1.49. The van der Waals surface area contributed by atoms with Gasteiger partial charge in [0.2, 0.25) is 5.70 Å². The van der Waals surface area contributed by atoms with Gasteiger partial charge in [-0.05, 0) is 50.8 Å². The fraction of sp³-hybridized carbons (Fsp3) is 0.480. The lowest BCUT2D eigenvalue weighted by Gasteiger charge is -2.17. The van der Waals surface area contributed by atoms with Gasteiger partial charge in [-0.2, -0.15) is 0 Å². The number of aliphatic hydroxyl groups is 3. The molecule has 0 radical (unpaired) electrons. The van der Waals surface area contributed by atoms with Crippen LogP contribution in [0, 0.1) is 17.9 Å². The Morgan fingerprint density at radius 1 is 1.33 bits per heavy atom. The number of benzene rings is 1. The van der Waals surface area contributed by atoms with Gasteiger partial charge in [-0.15, -0.1) is 17.1 Å². The van der Waals surface area contributed by atoms with E-state index in [-0.39, 0.29) is 12.4 Å². The van der Waals surface area contributed by atoms with Gasteiger partial charge in [0, 0.05) is 12.3 Å². The molecule has 2 atom stereocenters. The standard InChI is InChI=1S/C25H33NO4/c1-4-5-6-20-10-11-21(30-20)9-7-18-8-12-23(27)25(13-18)29-16-24(28)22-14-19(15-26-22)17(2)3/h8,10-15,17,20,24,28,30H,4-7,9,16H2,1-3H3/p+1/t20?,24-/m0/s1. The SMILES string of the molecule is CCCCC1C=C[C-](CCc2ccc(O)c(OC[C@H](O)C3=C[C+](C(C)C)C=N3)c2)[OH+]1. The number of rotatable bonds is 11. The Morgan fingerprint density at radius 2 is 2.17 bits per heavy atom. The van der Waals surface area contributed by atoms with E-state index in [9.17, 15) is 10.2 Å². The summed E-state index contributed by atoms with van der Waals surface area (Å²) in [5, 5.41) is 20.5. The number of aliphatic hydroxyl groups excluding tert-OH is 1. The highest BCUT2D eigenvalue weighted by atomic mass is 16.5. The van der Waals surface area contributed by atoms with E-state index in [0.29, 0.717) is 23.5 Å². The number of phenolic OH excluding ortho intramolecular Hbond substituents is 1. The van der Waals surface area contributed by atoms with Crippen molar-refractivity contribution >= 4 is 6.21 Å². The molecule has 5 heteroatoms. The van der Waals surface area contributed by atoms with E-state index in [1.165, 1.54) is 12.8 Å². The summed E-state index contributed by atoms with van der Waals surface area (Å²) in [4.78, 5) is 4.28. The van der Waals surface area contributed by atoms with Crippen LogP contribution in [0.4, 0.5) is 0 Å². The second-order valence-electron chi connectivity index (χ2n) is 8.30. The smallest absolute Gasteiger partial charge is 0.207 e. The molecule has 0 saturated carbocycles. The summed E-state index contributed by atoms with van der Waals surface area (Å²) in [6.45, 7) is 6.42. The molecule has 30 heavy (non-hydrogen) atoms. The number of aromatic hydroxyl groups is 1. The van der Waals surface area contributed by atoms with Gasteiger partial charge in [0.05, 0.1) is 6.10 Å². The van der Waals surface area contributed by atoms with E-state index >= 15 is 0 Å². The third kappa shape index (κ3) is 6.07. The summed E-state index contributed by atoms with van der Waals surface area (Å²) in [6.07, 6.45) is 13.8. The molecule has 0 bridgehead atoms. The number of phenols is 1. The molecular weight excluding hydrogens is 378 g/mol. The predicted molar refractivity (Wildman–Crippen MR) is 121 cm³/mol. The zero-order valence-electron chi connectivity index (χ0n) is 18.2. The molecule has 0 fully saturated rings. The Hall–Kier alpha value is -2.37. The molecule has 162 valence electrons. The number of nitrogens with zero attached hydrogens (tertiary/aromatic N) is 1. The monoisotopic (exact) mass is 412 g/mol. The summed E-state index contributed by atoms with van der Waals surface area (Å²) in [6, 6.07) is 5.39. The Bertz CT molecular complexity index is 783. The molecule has 2 heterocycles. The van der Waals surface area contributed by atoms with Gasteiger partial charge in [-0.1, -0.05) is 19.4 Å². The third-order valence-electron chi connectivity index (χ3n) is 5.47. The Labute approximate surface area is 180 Å². The van der Waals surface area contributed by atoms with Crippen LogP contribution in [0.25, 0.3) is 0 Å². The highest BCUT2D eigenvalue weighted by molar-refractivity contribution is 5.82. The van der Waals surface area contributed by atoms with Gasteiger partial charge in [0.25, 0.3) is 0 Å². The fourth-order valence-electron chi connectivity index (χ4n) is 3.49. The van der Waals surface area contributed by atoms with Gasteiger partial charge < -0.3 is 19.7 Å². The first-order valence-corrected chi connectivity index (χ1v) is 11.0. The second kappa shape index (κ2) is 10.6. The summed E-state index contributed by atoms with van der Waals surface area (Å²) in [7, 11) is 0. The van der Waals surface area contributed by atoms with Gasteiger partial charge in [-0.25, -0.2) is 0 Å². The molecule has 3 N–H and O–H groups in total. The predicted octanol–water partition coefficient (Wildman–Crippen LogP) is 4.45. The average molecular weight is 413 g/mol. The van der Waals surface area contributed by atoms with Crippen LogP contribution in [0.3, 0.4) is 0 Å². The topological polar surface area (TPSA) is 74.8 Å². The first-order valence-electron chi connectivity index (χ1n) is 11.0. The van der Waals surface area contributed by atoms with Crippen molar-refractivity contribution < 1.29 is 19.7 Å². The molecule has 0 amide bonds. The van der Waals surface area contributed by atoms with E-state index in [0.717, 1.165) is 36.8 Å². The van der Waals surface area contributed by atoms with Gasteiger partial charge in [-0.3, -0.25) is 0 Å². The van der Waals surface area contributed by atoms with E-state index < -0.39 is 6.10 Å². The van der Waals surface area contributed by atoms with Crippen LogP contribution in [0.2, 0.25) is 0 Å². The maximum absolute atomic E-state index is 10.4. The average Bonchev–Trinajstić information content (AvgIpc) is 3.40. The molecule has 1 aromatic rings. The first kappa shape index (κ1) is 22.3. The van der Waals surface area contributed by atoms with Crippen molar-refractivity contribution in [2.24, 2.45) is 10.9 Å². The molecule has 3 rings (SSSR count). The highest BCUT2D eigenvalue weighted by Crippen LogP contribution is 2.30. The van der Waals surface area contributed by atoms with Crippen LogP contribution in [0.1, 0.15) is 52.0 Å². The van der Waals surface area contributed by atoms with Crippen LogP contribution < -0.4 is 4.74 Å². The quantitative estimate of drug-likeness (QED) is 0.416. The molecule has 2 aliphatic rings. The maximum Gasteiger partial charge on any atom is 0.207 e. The molecule has 1 aromatic carbocycles. The lowest BCUT2D eigenvalue weighted by atomic mass is 9.97. The molecule has 0 spiro atoms. The second-order valence-corrected chi connectivity index (χ2v) is 8.30. The molecule has 0 aromatic heterocycles. The largest absolute Gasteiger partial charge is 0.504 e. The number of hydrogen-bond acceptors (Lipinski definition) is 4. The van der Waals surface area contributed by atoms with E-state index in [1.54, 1.807) is 12.3 Å². The van der Waals surface area contributed by atoms with Crippen molar-refractivity contribution in [1.82, 2.24) is 0 Å². The number of unbranched alkanes of at least 4 members (excludes halogenated alkanes) is 1. The van der Waals surface area contributed by atoms with Crippen LogP contribution in [-0.2, 0) is 6.42 Å². The van der Waals surface area contributed by atoms with E-state index in [4.69, 9.17) is 9.47 Å². The van der Waals surface area contributed by atoms with Crippen molar-refractivity contribution in [3.63, 3.8) is 0 Å². The number of ether oxygens (including phenoxy) is 2. The number of hydrogen-bond donors (Lipinski definition) is 2.